The van der Waals surface area contributed by atoms with E-state index in [1.54, 1.807) is 0 Å². The van der Waals surface area contributed by atoms with Gasteiger partial charge >= 0.3 is 11.9 Å². The molecule has 2 heterocycles. The van der Waals surface area contributed by atoms with Crippen LogP contribution in [0.2, 0.25) is 0 Å². The summed E-state index contributed by atoms with van der Waals surface area (Å²) in [5.41, 5.74) is 0. The molecule has 0 unspecified atom stereocenters. The van der Waals surface area contributed by atoms with Crippen molar-refractivity contribution in [3.63, 3.8) is 0 Å². The highest BCUT2D eigenvalue weighted by Crippen LogP contribution is 2.23. The standard InChI is InChI=1S/C24H44N2O3/c1-3-5-7-9-11-17-25-19-13-15-21(25)23(27)29-24(28)22-16-14-20-26(22)18-12-10-8-6-4-2/h21-22H,3-20H2,1-2H3/t21-,22-/m0/s1. The lowest BCUT2D eigenvalue weighted by atomic mass is 10.1. The molecule has 2 saturated heterocycles. The summed E-state index contributed by atoms with van der Waals surface area (Å²) in [4.78, 5) is 29.9. The third-order valence-corrected chi connectivity index (χ3v) is 6.57. The summed E-state index contributed by atoms with van der Waals surface area (Å²) < 4.78 is 5.41. The Labute approximate surface area is 178 Å². The van der Waals surface area contributed by atoms with Gasteiger partial charge < -0.3 is 4.74 Å². The molecule has 5 heteroatoms. The lowest BCUT2D eigenvalue weighted by molar-refractivity contribution is -0.166. The Morgan fingerprint density at radius 1 is 0.690 bits per heavy atom. The molecule has 2 atom stereocenters. The highest BCUT2D eigenvalue weighted by Gasteiger charge is 2.37. The average Bonchev–Trinajstić information content (AvgIpc) is 3.37. The zero-order chi connectivity index (χ0) is 20.9. The van der Waals surface area contributed by atoms with E-state index >= 15 is 0 Å². The number of hydrogen-bond acceptors (Lipinski definition) is 5. The molecule has 0 aromatic rings. The second-order valence-corrected chi connectivity index (χ2v) is 8.96. The van der Waals surface area contributed by atoms with E-state index in [1.165, 1.54) is 51.4 Å². The van der Waals surface area contributed by atoms with Crippen LogP contribution in [-0.2, 0) is 14.3 Å². The number of rotatable bonds is 14. The van der Waals surface area contributed by atoms with Gasteiger partial charge in [0, 0.05) is 0 Å². The Bertz CT molecular complexity index is 441. The topological polar surface area (TPSA) is 49.9 Å². The number of likely N-dealkylation sites (tertiary alicyclic amines) is 2. The minimum absolute atomic E-state index is 0.214. The number of hydrogen-bond donors (Lipinski definition) is 0. The minimum Gasteiger partial charge on any atom is -0.391 e. The molecule has 0 bridgehead atoms. The number of carbonyl (C=O) groups is 2. The van der Waals surface area contributed by atoms with Crippen LogP contribution in [0.15, 0.2) is 0 Å². The SMILES string of the molecule is CCCCCCCN1CCC[C@H]1C(=O)OC(=O)[C@@H]1CCCN1CCCCCCC. The van der Waals surface area contributed by atoms with Crippen molar-refractivity contribution in [2.24, 2.45) is 0 Å². The van der Waals surface area contributed by atoms with Gasteiger partial charge in [-0.2, -0.15) is 0 Å². The molecule has 0 aromatic carbocycles. The maximum absolute atomic E-state index is 12.7. The largest absolute Gasteiger partial charge is 0.391 e. The summed E-state index contributed by atoms with van der Waals surface area (Å²) in [5.74, 6) is -0.619. The normalized spacial score (nSPS) is 23.0. The molecule has 0 radical (unpaired) electrons. The lowest BCUT2D eigenvalue weighted by Crippen LogP contribution is -2.43. The van der Waals surface area contributed by atoms with Gasteiger partial charge in [-0.3, -0.25) is 9.80 Å². The quantitative estimate of drug-likeness (QED) is 0.232. The Morgan fingerprint density at radius 2 is 1.10 bits per heavy atom. The summed E-state index contributed by atoms with van der Waals surface area (Å²) in [6.07, 6.45) is 16.0. The zero-order valence-electron chi connectivity index (χ0n) is 19.0. The van der Waals surface area contributed by atoms with Crippen molar-refractivity contribution >= 4 is 11.9 Å². The van der Waals surface area contributed by atoms with Crippen molar-refractivity contribution in [2.75, 3.05) is 26.2 Å². The maximum Gasteiger partial charge on any atom is 0.331 e. The van der Waals surface area contributed by atoms with Crippen LogP contribution in [0.4, 0.5) is 0 Å². The van der Waals surface area contributed by atoms with Gasteiger partial charge in [-0.25, -0.2) is 9.59 Å². The van der Waals surface area contributed by atoms with Crippen LogP contribution in [0.25, 0.3) is 0 Å². The zero-order valence-corrected chi connectivity index (χ0v) is 19.0. The average molecular weight is 409 g/mol. The van der Waals surface area contributed by atoms with Crippen molar-refractivity contribution in [2.45, 2.75) is 116 Å². The molecule has 0 amide bonds. The summed E-state index contributed by atoms with van der Waals surface area (Å²) in [7, 11) is 0. The third-order valence-electron chi connectivity index (χ3n) is 6.57. The van der Waals surface area contributed by atoms with Crippen LogP contribution in [-0.4, -0.2) is 60.0 Å². The van der Waals surface area contributed by atoms with Crippen LogP contribution in [0.1, 0.15) is 104 Å². The van der Waals surface area contributed by atoms with Crippen LogP contribution in [0.5, 0.6) is 0 Å². The smallest absolute Gasteiger partial charge is 0.331 e. The lowest BCUT2D eigenvalue weighted by Gasteiger charge is -2.25. The van der Waals surface area contributed by atoms with Crippen molar-refractivity contribution < 1.29 is 14.3 Å². The van der Waals surface area contributed by atoms with E-state index in [0.29, 0.717) is 0 Å². The van der Waals surface area contributed by atoms with Crippen molar-refractivity contribution in [1.82, 2.24) is 9.80 Å². The molecule has 2 aliphatic rings. The van der Waals surface area contributed by atoms with E-state index in [-0.39, 0.29) is 24.0 Å². The highest BCUT2D eigenvalue weighted by atomic mass is 16.6. The first-order valence-corrected chi connectivity index (χ1v) is 12.4. The second kappa shape index (κ2) is 14.1. The molecule has 0 saturated carbocycles. The molecule has 29 heavy (non-hydrogen) atoms. The number of ether oxygens (including phenoxy) is 1. The first-order chi connectivity index (χ1) is 14.2. The van der Waals surface area contributed by atoms with Crippen LogP contribution in [0.3, 0.4) is 0 Å². The van der Waals surface area contributed by atoms with Gasteiger partial charge in [0.1, 0.15) is 12.1 Å². The van der Waals surface area contributed by atoms with Crippen molar-refractivity contribution in [3.05, 3.63) is 0 Å². The first-order valence-electron chi connectivity index (χ1n) is 12.4. The fraction of sp³-hybridized carbons (Fsp3) is 0.917. The Hall–Kier alpha value is -0.940. The van der Waals surface area contributed by atoms with E-state index in [2.05, 4.69) is 23.6 Å². The predicted molar refractivity (Wildman–Crippen MR) is 118 cm³/mol. The molecule has 5 nitrogen and oxygen atoms in total. The highest BCUT2D eigenvalue weighted by molar-refractivity contribution is 5.91. The first kappa shape index (κ1) is 24.3. The van der Waals surface area contributed by atoms with E-state index in [1.807, 2.05) is 0 Å². The Morgan fingerprint density at radius 3 is 1.52 bits per heavy atom. The Balaban J connectivity index is 1.72. The number of nitrogens with zero attached hydrogens (tertiary/aromatic N) is 2. The maximum atomic E-state index is 12.7. The molecule has 168 valence electrons. The van der Waals surface area contributed by atoms with Crippen molar-refractivity contribution in [1.29, 1.82) is 0 Å². The van der Waals surface area contributed by atoms with E-state index in [9.17, 15) is 9.59 Å². The number of unbranched alkanes of at least 4 members (excludes halogenated alkanes) is 8. The summed E-state index contributed by atoms with van der Waals surface area (Å²) in [5, 5.41) is 0. The Kier molecular flexibility index (Phi) is 11.9. The molecule has 0 N–H and O–H groups in total. The molecule has 2 rings (SSSR count). The molecule has 0 aliphatic carbocycles. The van der Waals surface area contributed by atoms with E-state index < -0.39 is 0 Å². The second-order valence-electron chi connectivity index (χ2n) is 8.96. The fourth-order valence-electron chi connectivity index (χ4n) is 4.79. The van der Waals surface area contributed by atoms with E-state index in [4.69, 9.17) is 4.74 Å². The summed E-state index contributed by atoms with van der Waals surface area (Å²) in [6, 6.07) is -0.428. The predicted octanol–water partition coefficient (Wildman–Crippen LogP) is 4.93. The third kappa shape index (κ3) is 8.37. The van der Waals surface area contributed by atoms with Gasteiger partial charge in [0.25, 0.3) is 0 Å². The monoisotopic (exact) mass is 408 g/mol. The van der Waals surface area contributed by atoms with Gasteiger partial charge in [0.2, 0.25) is 0 Å². The van der Waals surface area contributed by atoms with Crippen LogP contribution in [0, 0.1) is 0 Å². The molecule has 2 fully saturated rings. The van der Waals surface area contributed by atoms with Gasteiger partial charge in [-0.15, -0.1) is 0 Å². The molecular formula is C24H44N2O3. The van der Waals surface area contributed by atoms with Crippen molar-refractivity contribution in [3.8, 4) is 0 Å². The van der Waals surface area contributed by atoms with E-state index in [0.717, 1.165) is 64.7 Å². The summed E-state index contributed by atoms with van der Waals surface area (Å²) in [6.45, 7) is 8.25. The minimum atomic E-state index is -0.309. The summed E-state index contributed by atoms with van der Waals surface area (Å²) >= 11 is 0. The van der Waals surface area contributed by atoms with Gasteiger partial charge in [-0.05, 0) is 64.7 Å². The number of carbonyl (C=O) groups excluding carboxylic acids is 2. The number of esters is 2. The van der Waals surface area contributed by atoms with Crippen LogP contribution < -0.4 is 0 Å². The molecule has 0 aromatic heterocycles. The molecular weight excluding hydrogens is 364 g/mol. The van der Waals surface area contributed by atoms with Gasteiger partial charge in [0.15, 0.2) is 0 Å². The fourth-order valence-corrected chi connectivity index (χ4v) is 4.79. The molecule has 2 aliphatic heterocycles. The van der Waals surface area contributed by atoms with Crippen LogP contribution >= 0.6 is 0 Å². The van der Waals surface area contributed by atoms with Gasteiger partial charge in [0.05, 0.1) is 0 Å². The molecule has 0 spiro atoms. The van der Waals surface area contributed by atoms with Gasteiger partial charge in [-0.1, -0.05) is 65.2 Å².